The van der Waals surface area contributed by atoms with E-state index in [0.29, 0.717) is 30.0 Å². The lowest BCUT2D eigenvalue weighted by Gasteiger charge is -2.19. The van der Waals surface area contributed by atoms with Crippen LogP contribution in [0.2, 0.25) is 0 Å². The van der Waals surface area contributed by atoms with Crippen LogP contribution in [-0.4, -0.2) is 42.9 Å². The van der Waals surface area contributed by atoms with Gasteiger partial charge in [0.1, 0.15) is 0 Å². The summed E-state index contributed by atoms with van der Waals surface area (Å²) in [4.78, 5) is 24.4. The molecule has 1 aliphatic rings. The Morgan fingerprint density at radius 3 is 2.57 bits per heavy atom. The van der Waals surface area contributed by atoms with Crippen molar-refractivity contribution >= 4 is 11.8 Å². The van der Waals surface area contributed by atoms with E-state index in [2.05, 4.69) is 10.6 Å². The van der Waals surface area contributed by atoms with Crippen LogP contribution >= 0.6 is 0 Å². The molecule has 1 heterocycles. The van der Waals surface area contributed by atoms with Gasteiger partial charge in [0.25, 0.3) is 5.91 Å². The Hall–Kier alpha value is -3.06. The van der Waals surface area contributed by atoms with Gasteiger partial charge in [0.2, 0.25) is 12.7 Å². The second-order valence-electron chi connectivity index (χ2n) is 6.75. The van der Waals surface area contributed by atoms with Gasteiger partial charge in [0.15, 0.2) is 11.5 Å². The molecule has 3 rings (SSSR count). The Morgan fingerprint density at radius 2 is 1.82 bits per heavy atom. The lowest BCUT2D eigenvalue weighted by atomic mass is 9.93. The number of hydrogen-bond acceptors (Lipinski definition) is 5. The molecule has 0 radical (unpaired) electrons. The van der Waals surface area contributed by atoms with E-state index in [4.69, 9.17) is 9.47 Å². The zero-order valence-electron chi connectivity index (χ0n) is 15.7. The molecule has 0 bridgehead atoms. The summed E-state index contributed by atoms with van der Waals surface area (Å²) in [6, 6.07) is 14.6. The van der Waals surface area contributed by atoms with Crippen molar-refractivity contribution in [2.75, 3.05) is 19.9 Å². The molecule has 1 aliphatic heterocycles. The average molecular weight is 384 g/mol. The number of nitrogens with one attached hydrogen (secondary N) is 2. The Labute approximate surface area is 163 Å². The Bertz CT molecular complexity index is 823. The highest BCUT2D eigenvalue weighted by atomic mass is 16.7. The third-order valence-electron chi connectivity index (χ3n) is 4.49. The van der Waals surface area contributed by atoms with E-state index in [1.54, 1.807) is 25.1 Å². The van der Waals surface area contributed by atoms with Gasteiger partial charge in [-0.2, -0.15) is 0 Å². The molecule has 28 heavy (non-hydrogen) atoms. The summed E-state index contributed by atoms with van der Waals surface area (Å²) < 4.78 is 10.5. The van der Waals surface area contributed by atoms with Crippen LogP contribution in [0.25, 0.3) is 0 Å². The molecule has 0 aromatic heterocycles. The molecule has 0 saturated heterocycles. The van der Waals surface area contributed by atoms with Gasteiger partial charge >= 0.3 is 0 Å². The summed E-state index contributed by atoms with van der Waals surface area (Å²) in [6.07, 6.45) is 0.0567. The van der Waals surface area contributed by atoms with Crippen LogP contribution in [0.15, 0.2) is 48.5 Å². The van der Waals surface area contributed by atoms with Gasteiger partial charge < -0.3 is 25.2 Å². The van der Waals surface area contributed by atoms with Crippen LogP contribution in [-0.2, 0) is 4.79 Å². The van der Waals surface area contributed by atoms with E-state index in [-0.39, 0.29) is 31.1 Å². The van der Waals surface area contributed by atoms with E-state index in [0.717, 1.165) is 5.56 Å². The molecule has 7 nitrogen and oxygen atoms in total. The van der Waals surface area contributed by atoms with E-state index >= 15 is 0 Å². The van der Waals surface area contributed by atoms with Crippen molar-refractivity contribution in [1.82, 2.24) is 10.6 Å². The monoisotopic (exact) mass is 384 g/mol. The van der Waals surface area contributed by atoms with Gasteiger partial charge in [-0.1, -0.05) is 30.3 Å². The van der Waals surface area contributed by atoms with Gasteiger partial charge in [-0.25, -0.2) is 0 Å². The molecule has 2 aromatic carbocycles. The molecule has 0 unspecified atom stereocenters. The number of hydrogen-bond donors (Lipinski definition) is 3. The second kappa shape index (κ2) is 9.23. The van der Waals surface area contributed by atoms with Gasteiger partial charge in [-0.15, -0.1) is 0 Å². The molecule has 2 amide bonds. The van der Waals surface area contributed by atoms with E-state index in [9.17, 15) is 14.7 Å². The summed E-state index contributed by atoms with van der Waals surface area (Å²) in [5.74, 6) is 0.452. The largest absolute Gasteiger partial charge is 0.454 e. The smallest absolute Gasteiger partial charge is 0.251 e. The van der Waals surface area contributed by atoms with Gasteiger partial charge in [0.05, 0.1) is 12.6 Å². The first-order valence-corrected chi connectivity index (χ1v) is 9.20. The molecule has 2 aromatic rings. The minimum absolute atomic E-state index is 0.00490. The third-order valence-corrected chi connectivity index (χ3v) is 4.49. The summed E-state index contributed by atoms with van der Waals surface area (Å²) in [6.45, 7) is 2.11. The second-order valence-corrected chi connectivity index (χ2v) is 6.75. The lowest BCUT2D eigenvalue weighted by Crippen LogP contribution is -2.38. The maximum Gasteiger partial charge on any atom is 0.251 e. The zero-order chi connectivity index (χ0) is 19.9. The summed E-state index contributed by atoms with van der Waals surface area (Å²) >= 11 is 0. The summed E-state index contributed by atoms with van der Waals surface area (Å²) in [5.41, 5.74) is 1.45. The first-order chi connectivity index (χ1) is 13.5. The highest BCUT2D eigenvalue weighted by molar-refractivity contribution is 5.97. The van der Waals surface area contributed by atoms with Crippen molar-refractivity contribution in [2.45, 2.75) is 25.4 Å². The molecular formula is C21H24N2O5. The van der Waals surface area contributed by atoms with Crippen molar-refractivity contribution < 1.29 is 24.2 Å². The summed E-state index contributed by atoms with van der Waals surface area (Å²) in [7, 11) is 0. The number of carbonyl (C=O) groups excluding carboxylic acids is 2. The van der Waals surface area contributed by atoms with Crippen LogP contribution in [0.4, 0.5) is 0 Å². The normalized spacial score (nSPS) is 14.2. The maximum atomic E-state index is 12.2. The van der Waals surface area contributed by atoms with E-state index in [1.165, 1.54) is 0 Å². The van der Waals surface area contributed by atoms with Gasteiger partial charge in [-0.3, -0.25) is 9.59 Å². The maximum absolute atomic E-state index is 12.2. The molecule has 0 fully saturated rings. The van der Waals surface area contributed by atoms with E-state index < -0.39 is 6.10 Å². The number of aliphatic hydroxyl groups excluding tert-OH is 1. The van der Waals surface area contributed by atoms with Crippen molar-refractivity contribution in [3.63, 3.8) is 0 Å². The number of amides is 2. The zero-order valence-corrected chi connectivity index (χ0v) is 15.7. The number of rotatable bonds is 8. The molecule has 7 heteroatoms. The average Bonchev–Trinajstić information content (AvgIpc) is 3.17. The Kier molecular flexibility index (Phi) is 6.49. The van der Waals surface area contributed by atoms with Crippen LogP contribution in [0.5, 0.6) is 11.5 Å². The fourth-order valence-corrected chi connectivity index (χ4v) is 3.07. The van der Waals surface area contributed by atoms with Gasteiger partial charge in [0, 0.05) is 18.0 Å². The minimum Gasteiger partial charge on any atom is -0.454 e. The Morgan fingerprint density at radius 1 is 1.07 bits per heavy atom. The van der Waals surface area contributed by atoms with Crippen LogP contribution in [0.3, 0.4) is 0 Å². The van der Waals surface area contributed by atoms with Crippen molar-refractivity contribution in [3.05, 3.63) is 59.7 Å². The Balaban J connectivity index is 1.49. The number of carbonyl (C=O) groups is 2. The molecule has 148 valence electrons. The molecule has 0 aliphatic carbocycles. The number of fused-ring (bicyclic) bond motifs is 1. The van der Waals surface area contributed by atoms with Crippen molar-refractivity contribution in [1.29, 1.82) is 0 Å². The molecule has 0 spiro atoms. The lowest BCUT2D eigenvalue weighted by molar-refractivity contribution is -0.120. The van der Waals surface area contributed by atoms with Crippen LogP contribution < -0.4 is 20.1 Å². The minimum atomic E-state index is -0.479. The summed E-state index contributed by atoms with van der Waals surface area (Å²) in [5, 5.41) is 15.2. The SMILES string of the molecule is C[C@@H](O)C[C@@H](CNC(=O)CNC(=O)c1ccc2c(c1)OCO2)c1ccccc1. The van der Waals surface area contributed by atoms with Crippen LogP contribution in [0, 0.1) is 0 Å². The molecule has 0 saturated carbocycles. The standard InChI is InChI=1S/C21H24N2O5/c1-14(24)9-17(15-5-3-2-4-6-15)11-22-20(25)12-23-21(26)16-7-8-18-19(10-16)28-13-27-18/h2-8,10,14,17,24H,9,11-13H2,1H3,(H,22,25)(H,23,26)/t14-,17+/m1/s1. The highest BCUT2D eigenvalue weighted by Gasteiger charge is 2.18. The predicted molar refractivity (Wildman–Crippen MR) is 103 cm³/mol. The van der Waals surface area contributed by atoms with Gasteiger partial charge in [-0.05, 0) is 37.1 Å². The quantitative estimate of drug-likeness (QED) is 0.645. The molecule has 3 N–H and O–H groups in total. The first kappa shape index (κ1) is 19.7. The van der Waals surface area contributed by atoms with Crippen LogP contribution in [0.1, 0.15) is 35.2 Å². The van der Waals surface area contributed by atoms with E-state index in [1.807, 2.05) is 30.3 Å². The van der Waals surface area contributed by atoms with Crippen molar-refractivity contribution in [3.8, 4) is 11.5 Å². The fraction of sp³-hybridized carbons (Fsp3) is 0.333. The topological polar surface area (TPSA) is 96.9 Å². The highest BCUT2D eigenvalue weighted by Crippen LogP contribution is 2.32. The molecular weight excluding hydrogens is 360 g/mol. The van der Waals surface area contributed by atoms with Crippen molar-refractivity contribution in [2.24, 2.45) is 0 Å². The first-order valence-electron chi connectivity index (χ1n) is 9.20. The number of ether oxygens (including phenoxy) is 2. The number of aliphatic hydroxyl groups is 1. The molecule has 2 atom stereocenters. The fourth-order valence-electron chi connectivity index (χ4n) is 3.07. The third kappa shape index (κ3) is 5.23. The predicted octanol–water partition coefficient (Wildman–Crippen LogP) is 1.82. The number of benzene rings is 2.